The largest absolute Gasteiger partial charge is 0.394 e. The van der Waals surface area contributed by atoms with E-state index in [9.17, 15) is 0 Å². The van der Waals surface area contributed by atoms with E-state index in [1.54, 1.807) is 0 Å². The van der Waals surface area contributed by atoms with Crippen LogP contribution in [0.15, 0.2) is 30.5 Å². The summed E-state index contributed by atoms with van der Waals surface area (Å²) in [6.07, 6.45) is 2.73. The fraction of sp³-hybridized carbons (Fsp3) is 0.385. The van der Waals surface area contributed by atoms with E-state index >= 15 is 0 Å². The molecule has 0 fully saturated rings. The third-order valence-electron chi connectivity index (χ3n) is 2.92. The number of benzene rings is 1. The number of aliphatic hydroxyl groups excluding tert-OH is 1. The van der Waals surface area contributed by atoms with E-state index < -0.39 is 5.54 Å². The van der Waals surface area contributed by atoms with E-state index in [0.717, 1.165) is 5.56 Å². The molecule has 2 rings (SSSR count). The van der Waals surface area contributed by atoms with Gasteiger partial charge in [0.1, 0.15) is 0 Å². The van der Waals surface area contributed by atoms with E-state index in [-0.39, 0.29) is 6.61 Å². The summed E-state index contributed by atoms with van der Waals surface area (Å²) < 4.78 is 2.09. The molecule has 16 heavy (non-hydrogen) atoms. The minimum Gasteiger partial charge on any atom is -0.394 e. The van der Waals surface area contributed by atoms with Crippen molar-refractivity contribution in [2.24, 2.45) is 12.8 Å². The Morgan fingerprint density at radius 1 is 1.38 bits per heavy atom. The van der Waals surface area contributed by atoms with E-state index in [0.29, 0.717) is 6.42 Å². The van der Waals surface area contributed by atoms with Crippen LogP contribution in [0.25, 0.3) is 10.9 Å². The molecule has 0 bridgehead atoms. The summed E-state index contributed by atoms with van der Waals surface area (Å²) in [6, 6.07) is 8.39. The van der Waals surface area contributed by atoms with Crippen molar-refractivity contribution in [1.82, 2.24) is 4.57 Å². The van der Waals surface area contributed by atoms with Crippen LogP contribution in [-0.2, 0) is 13.5 Å². The van der Waals surface area contributed by atoms with Gasteiger partial charge in [0, 0.05) is 24.3 Å². The van der Waals surface area contributed by atoms with Gasteiger partial charge in [0.2, 0.25) is 0 Å². The first-order chi connectivity index (χ1) is 7.52. The molecule has 3 N–H and O–H groups in total. The van der Waals surface area contributed by atoms with Gasteiger partial charge in [-0.25, -0.2) is 0 Å². The Bertz CT molecular complexity index is 500. The van der Waals surface area contributed by atoms with Gasteiger partial charge in [0.25, 0.3) is 0 Å². The van der Waals surface area contributed by atoms with Crippen LogP contribution in [0.1, 0.15) is 12.5 Å². The first-order valence-corrected chi connectivity index (χ1v) is 5.45. The van der Waals surface area contributed by atoms with Crippen molar-refractivity contribution in [3.8, 4) is 0 Å². The average Bonchev–Trinajstić information content (AvgIpc) is 2.60. The lowest BCUT2D eigenvalue weighted by Gasteiger charge is -2.21. The predicted molar refractivity (Wildman–Crippen MR) is 66.3 cm³/mol. The van der Waals surface area contributed by atoms with Crippen LogP contribution in [0, 0.1) is 0 Å². The summed E-state index contributed by atoms with van der Waals surface area (Å²) in [4.78, 5) is 0. The summed E-state index contributed by atoms with van der Waals surface area (Å²) in [6.45, 7) is 1.86. The second-order valence-electron chi connectivity index (χ2n) is 4.81. The average molecular weight is 218 g/mol. The highest BCUT2D eigenvalue weighted by Gasteiger charge is 2.17. The van der Waals surface area contributed by atoms with Crippen molar-refractivity contribution < 1.29 is 5.11 Å². The number of rotatable bonds is 3. The first kappa shape index (κ1) is 11.2. The number of nitrogens with two attached hydrogens (primary N) is 1. The number of hydrogen-bond acceptors (Lipinski definition) is 2. The van der Waals surface area contributed by atoms with E-state index in [2.05, 4.69) is 28.8 Å². The number of aliphatic hydroxyl groups is 1. The molecule has 0 saturated carbocycles. The van der Waals surface area contributed by atoms with Gasteiger partial charge in [-0.15, -0.1) is 0 Å². The van der Waals surface area contributed by atoms with Gasteiger partial charge in [-0.05, 0) is 36.4 Å². The quantitative estimate of drug-likeness (QED) is 0.819. The van der Waals surface area contributed by atoms with E-state index in [1.807, 2.05) is 20.2 Å². The zero-order valence-electron chi connectivity index (χ0n) is 9.77. The Hall–Kier alpha value is -1.32. The molecule has 0 aliphatic rings. The van der Waals surface area contributed by atoms with Crippen molar-refractivity contribution >= 4 is 10.9 Å². The van der Waals surface area contributed by atoms with Crippen molar-refractivity contribution in [3.63, 3.8) is 0 Å². The fourth-order valence-electron chi connectivity index (χ4n) is 1.94. The molecule has 3 heteroatoms. The molecule has 86 valence electrons. The van der Waals surface area contributed by atoms with Gasteiger partial charge < -0.3 is 15.4 Å². The Kier molecular flexibility index (Phi) is 2.74. The number of aromatic nitrogens is 1. The van der Waals surface area contributed by atoms with Crippen molar-refractivity contribution in [2.45, 2.75) is 18.9 Å². The molecular weight excluding hydrogens is 200 g/mol. The Balaban J connectivity index is 2.35. The molecule has 0 spiro atoms. The standard InChI is InChI=1S/C13H18N2O/c1-13(14,9-16)8-10-3-4-11-5-6-15(2)12(11)7-10/h3-7,16H,8-9,14H2,1-2H3. The summed E-state index contributed by atoms with van der Waals surface area (Å²) in [7, 11) is 2.03. The summed E-state index contributed by atoms with van der Waals surface area (Å²) in [5, 5.41) is 10.4. The van der Waals surface area contributed by atoms with Gasteiger partial charge >= 0.3 is 0 Å². The molecule has 0 amide bonds. The Morgan fingerprint density at radius 3 is 2.81 bits per heavy atom. The van der Waals surface area contributed by atoms with Crippen LogP contribution in [-0.4, -0.2) is 21.8 Å². The van der Waals surface area contributed by atoms with Gasteiger partial charge in [-0.3, -0.25) is 0 Å². The van der Waals surface area contributed by atoms with Gasteiger partial charge in [0.05, 0.1) is 6.61 Å². The molecule has 0 radical (unpaired) electrons. The highest BCUT2D eigenvalue weighted by molar-refractivity contribution is 5.80. The van der Waals surface area contributed by atoms with Gasteiger partial charge in [-0.1, -0.05) is 12.1 Å². The SMILES string of the molecule is Cn1ccc2ccc(CC(C)(N)CO)cc21. The monoisotopic (exact) mass is 218 g/mol. The molecule has 1 atom stereocenters. The lowest BCUT2D eigenvalue weighted by molar-refractivity contribution is 0.208. The van der Waals surface area contributed by atoms with Crippen molar-refractivity contribution in [2.75, 3.05) is 6.61 Å². The lowest BCUT2D eigenvalue weighted by atomic mass is 9.94. The van der Waals surface area contributed by atoms with Gasteiger partial charge in [-0.2, -0.15) is 0 Å². The van der Waals surface area contributed by atoms with Crippen molar-refractivity contribution in [3.05, 3.63) is 36.0 Å². The zero-order chi connectivity index (χ0) is 11.8. The Morgan fingerprint density at radius 2 is 2.12 bits per heavy atom. The number of fused-ring (bicyclic) bond motifs is 1. The summed E-state index contributed by atoms with van der Waals surface area (Å²) >= 11 is 0. The van der Waals surface area contributed by atoms with Crippen LogP contribution in [0.2, 0.25) is 0 Å². The zero-order valence-corrected chi connectivity index (χ0v) is 9.77. The number of hydrogen-bond donors (Lipinski definition) is 2. The molecule has 1 aromatic carbocycles. The molecular formula is C13H18N2O. The minimum atomic E-state index is -0.543. The van der Waals surface area contributed by atoms with E-state index in [1.165, 1.54) is 10.9 Å². The highest BCUT2D eigenvalue weighted by Crippen LogP contribution is 2.19. The molecule has 1 aromatic heterocycles. The van der Waals surface area contributed by atoms with Gasteiger partial charge in [0.15, 0.2) is 0 Å². The Labute approximate surface area is 95.5 Å². The predicted octanol–water partition coefficient (Wildman–Crippen LogP) is 1.43. The maximum absolute atomic E-state index is 9.15. The van der Waals surface area contributed by atoms with E-state index in [4.69, 9.17) is 10.8 Å². The number of nitrogens with zero attached hydrogens (tertiary/aromatic N) is 1. The summed E-state index contributed by atoms with van der Waals surface area (Å²) in [5.41, 5.74) is 7.77. The van der Waals surface area contributed by atoms with Crippen LogP contribution in [0.5, 0.6) is 0 Å². The third kappa shape index (κ3) is 2.10. The summed E-state index contributed by atoms with van der Waals surface area (Å²) in [5.74, 6) is 0. The molecule has 0 aliphatic heterocycles. The lowest BCUT2D eigenvalue weighted by Crippen LogP contribution is -2.42. The highest BCUT2D eigenvalue weighted by atomic mass is 16.3. The molecule has 1 unspecified atom stereocenters. The maximum atomic E-state index is 9.15. The molecule has 1 heterocycles. The minimum absolute atomic E-state index is 0.00181. The molecule has 0 aliphatic carbocycles. The molecule has 3 nitrogen and oxygen atoms in total. The second kappa shape index (κ2) is 3.92. The van der Waals surface area contributed by atoms with Crippen LogP contribution in [0.4, 0.5) is 0 Å². The third-order valence-corrected chi connectivity index (χ3v) is 2.92. The smallest absolute Gasteiger partial charge is 0.0611 e. The normalized spacial score (nSPS) is 15.2. The first-order valence-electron chi connectivity index (χ1n) is 5.45. The molecule has 2 aromatic rings. The van der Waals surface area contributed by atoms with Crippen molar-refractivity contribution in [1.29, 1.82) is 0 Å². The topological polar surface area (TPSA) is 51.2 Å². The second-order valence-corrected chi connectivity index (χ2v) is 4.81. The number of aryl methyl sites for hydroxylation is 1. The van der Waals surface area contributed by atoms with Crippen LogP contribution < -0.4 is 5.73 Å². The van der Waals surface area contributed by atoms with Crippen LogP contribution in [0.3, 0.4) is 0 Å². The molecule has 0 saturated heterocycles. The maximum Gasteiger partial charge on any atom is 0.0611 e. The van der Waals surface area contributed by atoms with Crippen LogP contribution >= 0.6 is 0 Å². The fourth-order valence-corrected chi connectivity index (χ4v) is 1.94.